The number of nitrogens with zero attached hydrogens (tertiary/aromatic N) is 2. The van der Waals surface area contributed by atoms with Gasteiger partial charge < -0.3 is 26.2 Å². The van der Waals surface area contributed by atoms with E-state index in [1.807, 2.05) is 27.7 Å². The number of hydrogen-bond donors (Lipinski definition) is 4. The van der Waals surface area contributed by atoms with Gasteiger partial charge in [0.2, 0.25) is 29.4 Å². The standard InChI is InChI=1S/C42H66N6O7/c1-8-10-18-28(35(51)37(53)43-21-9-2)44-36(52)34-32-27(41(32,6)7)24-48(34)38(54)33(26-16-12-11-13-17-26)46-39(55)45-29(40(3,4)5)25-47-30(49)22-42(23-31(47)50)19-14-15-20-42/h9,26-29,32-34H,2,8,10-25H2,1,3-7H3,(H,43,53)(H,44,52)(H2,45,46,55)/t27-,28?,29+,32-,33-,34?/m0/s1. The number of likely N-dealkylation sites (tertiary alicyclic amines) is 2. The first-order valence-electron chi connectivity index (χ1n) is 20.9. The van der Waals surface area contributed by atoms with Crippen molar-refractivity contribution in [2.45, 2.75) is 156 Å². The van der Waals surface area contributed by atoms with E-state index in [0.717, 1.165) is 64.2 Å². The largest absolute Gasteiger partial charge is 0.346 e. The van der Waals surface area contributed by atoms with E-state index in [9.17, 15) is 33.6 Å². The monoisotopic (exact) mass is 766 g/mol. The topological polar surface area (TPSA) is 174 Å². The Morgan fingerprint density at radius 2 is 1.56 bits per heavy atom. The number of piperidine rings is 2. The van der Waals surface area contributed by atoms with Crippen LogP contribution in [0.25, 0.3) is 0 Å². The van der Waals surface area contributed by atoms with E-state index < -0.39 is 53.2 Å². The second kappa shape index (κ2) is 17.2. The smallest absolute Gasteiger partial charge is 0.315 e. The number of fused-ring (bicyclic) bond motifs is 1. The Hall–Kier alpha value is -3.77. The molecule has 0 bridgehead atoms. The van der Waals surface area contributed by atoms with Crippen molar-refractivity contribution < 1.29 is 33.6 Å². The van der Waals surface area contributed by atoms with Gasteiger partial charge in [-0.3, -0.25) is 33.7 Å². The summed E-state index contributed by atoms with van der Waals surface area (Å²) in [7, 11) is 0. The molecule has 0 aromatic heterocycles. The van der Waals surface area contributed by atoms with Gasteiger partial charge in [0, 0.05) is 32.5 Å². The summed E-state index contributed by atoms with van der Waals surface area (Å²) in [4.78, 5) is 98.5. The highest BCUT2D eigenvalue weighted by atomic mass is 16.2. The van der Waals surface area contributed by atoms with Crippen LogP contribution in [0.4, 0.5) is 4.79 Å². The SMILES string of the molecule is C=CCNC(=O)C(=O)C(CCCC)NC(=O)C1[C@@H]2[C@H](CN1C(=O)[C@@H](NC(=O)N[C@H](CN1C(=O)CC3(CCCC3)CC1=O)C(C)(C)C)C1CCCCC1)C2(C)C. The van der Waals surface area contributed by atoms with E-state index in [1.54, 1.807) is 4.90 Å². The zero-order chi connectivity index (χ0) is 40.3. The summed E-state index contributed by atoms with van der Waals surface area (Å²) in [5.74, 6) is -2.92. The van der Waals surface area contributed by atoms with Crippen molar-refractivity contribution in [3.8, 4) is 0 Å². The third-order valence-electron chi connectivity index (χ3n) is 13.6. The minimum atomic E-state index is -1.04. The third kappa shape index (κ3) is 9.44. The summed E-state index contributed by atoms with van der Waals surface area (Å²) in [6, 6.07) is -3.95. The van der Waals surface area contributed by atoms with Crippen LogP contribution in [-0.4, -0.2) is 95.0 Å². The first kappa shape index (κ1) is 42.4. The Morgan fingerprint density at radius 1 is 0.927 bits per heavy atom. The molecule has 5 fully saturated rings. The number of urea groups is 1. The number of carbonyl (C=O) groups excluding carboxylic acids is 7. The van der Waals surface area contributed by atoms with E-state index in [0.29, 0.717) is 25.8 Å². The van der Waals surface area contributed by atoms with E-state index in [1.165, 1.54) is 11.0 Å². The Bertz CT molecular complexity index is 1490. The predicted molar refractivity (Wildman–Crippen MR) is 208 cm³/mol. The van der Waals surface area contributed by atoms with Crippen LogP contribution in [0.5, 0.6) is 0 Å². The van der Waals surface area contributed by atoms with Gasteiger partial charge in [-0.15, -0.1) is 6.58 Å². The van der Waals surface area contributed by atoms with Crippen LogP contribution in [0.2, 0.25) is 0 Å². The van der Waals surface area contributed by atoms with Crippen molar-refractivity contribution >= 4 is 41.4 Å². The summed E-state index contributed by atoms with van der Waals surface area (Å²) in [6.45, 7) is 16.1. The fraction of sp³-hybridized carbons (Fsp3) is 0.786. The van der Waals surface area contributed by atoms with Gasteiger partial charge in [-0.2, -0.15) is 0 Å². The molecule has 1 spiro atoms. The molecule has 6 atom stereocenters. The lowest BCUT2D eigenvalue weighted by Gasteiger charge is -2.41. The van der Waals surface area contributed by atoms with Crippen LogP contribution >= 0.6 is 0 Å². The number of nitrogens with one attached hydrogen (secondary N) is 4. The molecule has 0 aromatic carbocycles. The average Bonchev–Trinajstić information content (AvgIpc) is 3.49. The van der Waals surface area contributed by atoms with Gasteiger partial charge in [0.25, 0.3) is 5.91 Å². The van der Waals surface area contributed by atoms with Crippen LogP contribution < -0.4 is 21.3 Å². The van der Waals surface area contributed by atoms with Crippen LogP contribution in [0.15, 0.2) is 12.7 Å². The van der Waals surface area contributed by atoms with E-state index >= 15 is 0 Å². The molecule has 2 heterocycles. The van der Waals surface area contributed by atoms with Crippen LogP contribution in [0.1, 0.15) is 131 Å². The maximum absolute atomic E-state index is 14.8. The fourth-order valence-corrected chi connectivity index (χ4v) is 9.96. The van der Waals surface area contributed by atoms with Crippen molar-refractivity contribution in [2.75, 3.05) is 19.6 Å². The zero-order valence-corrected chi connectivity index (χ0v) is 34.1. The van der Waals surface area contributed by atoms with Gasteiger partial charge in [-0.1, -0.05) is 92.6 Å². The van der Waals surface area contributed by atoms with Gasteiger partial charge in [0.05, 0.1) is 12.1 Å². The summed E-state index contributed by atoms with van der Waals surface area (Å²) >= 11 is 0. The summed E-state index contributed by atoms with van der Waals surface area (Å²) in [6.07, 6.45) is 12.0. The van der Waals surface area contributed by atoms with Gasteiger partial charge in [0.1, 0.15) is 12.1 Å². The van der Waals surface area contributed by atoms with E-state index in [4.69, 9.17) is 0 Å². The Morgan fingerprint density at radius 3 is 2.15 bits per heavy atom. The normalized spacial score (nSPS) is 26.1. The molecule has 7 amide bonds. The van der Waals surface area contributed by atoms with Crippen molar-refractivity contribution in [3.05, 3.63) is 12.7 Å². The number of hydrogen-bond acceptors (Lipinski definition) is 7. The third-order valence-corrected chi connectivity index (χ3v) is 13.6. The number of rotatable bonds is 15. The molecular weight excluding hydrogens is 700 g/mol. The minimum absolute atomic E-state index is 0.0447. The number of carbonyl (C=O) groups is 7. The molecule has 2 aliphatic heterocycles. The molecule has 3 saturated carbocycles. The van der Waals surface area contributed by atoms with E-state index in [-0.39, 0.29) is 65.8 Å². The molecule has 3 aliphatic carbocycles. The lowest BCUT2D eigenvalue weighted by atomic mass is 9.76. The number of ketones is 1. The lowest BCUT2D eigenvalue weighted by Crippen LogP contribution is -2.62. The molecule has 55 heavy (non-hydrogen) atoms. The maximum atomic E-state index is 14.8. The average molecular weight is 767 g/mol. The van der Waals surface area contributed by atoms with Crippen molar-refractivity contribution in [1.29, 1.82) is 0 Å². The number of imide groups is 1. The molecule has 4 N–H and O–H groups in total. The molecular formula is C42H66N6O7. The molecule has 2 saturated heterocycles. The number of amides is 7. The number of unbranched alkanes of at least 4 members (excludes halogenated alkanes) is 1. The second-order valence-corrected chi connectivity index (χ2v) is 18.8. The highest BCUT2D eigenvalue weighted by Gasteiger charge is 2.70. The predicted octanol–water partition coefficient (Wildman–Crippen LogP) is 4.39. The molecule has 13 heteroatoms. The van der Waals surface area contributed by atoms with Gasteiger partial charge >= 0.3 is 6.03 Å². The summed E-state index contributed by atoms with van der Waals surface area (Å²) < 4.78 is 0. The second-order valence-electron chi connectivity index (χ2n) is 18.8. The summed E-state index contributed by atoms with van der Waals surface area (Å²) in [5.41, 5.74) is -0.953. The highest BCUT2D eigenvalue weighted by molar-refractivity contribution is 6.38. The van der Waals surface area contributed by atoms with Gasteiger partial charge in [0.15, 0.2) is 0 Å². The molecule has 13 nitrogen and oxygen atoms in total. The lowest BCUT2D eigenvalue weighted by molar-refractivity contribution is -0.154. The van der Waals surface area contributed by atoms with Crippen LogP contribution in [0.3, 0.4) is 0 Å². The molecule has 5 aliphatic rings. The quantitative estimate of drug-likeness (QED) is 0.109. The molecule has 306 valence electrons. The van der Waals surface area contributed by atoms with Crippen molar-refractivity contribution in [2.24, 2.45) is 34.0 Å². The van der Waals surface area contributed by atoms with E-state index in [2.05, 4.69) is 41.7 Å². The van der Waals surface area contributed by atoms with Crippen molar-refractivity contribution in [1.82, 2.24) is 31.1 Å². The van der Waals surface area contributed by atoms with Crippen LogP contribution in [-0.2, 0) is 28.8 Å². The Balaban J connectivity index is 1.33. The van der Waals surface area contributed by atoms with Crippen molar-refractivity contribution in [3.63, 3.8) is 0 Å². The molecule has 5 rings (SSSR count). The highest BCUT2D eigenvalue weighted by Crippen LogP contribution is 2.65. The molecule has 0 radical (unpaired) electrons. The Kier molecular flexibility index (Phi) is 13.2. The zero-order valence-electron chi connectivity index (χ0n) is 34.1. The minimum Gasteiger partial charge on any atom is -0.346 e. The Labute approximate surface area is 327 Å². The van der Waals surface area contributed by atoms with Crippen LogP contribution in [0, 0.1) is 34.0 Å². The summed E-state index contributed by atoms with van der Waals surface area (Å²) in [5, 5.41) is 11.4. The number of Topliss-reactive ketones (excluding diaryl/α,β-unsaturated/α-hetero) is 1. The fourth-order valence-electron chi connectivity index (χ4n) is 9.96. The molecule has 0 aromatic rings. The molecule has 2 unspecified atom stereocenters. The first-order valence-corrected chi connectivity index (χ1v) is 20.9. The maximum Gasteiger partial charge on any atom is 0.315 e. The van der Waals surface area contributed by atoms with Gasteiger partial charge in [-0.05, 0) is 66.1 Å². The first-order chi connectivity index (χ1) is 25.9. The van der Waals surface area contributed by atoms with Gasteiger partial charge in [-0.25, -0.2) is 4.79 Å².